The topological polar surface area (TPSA) is 69.7 Å². The van der Waals surface area contributed by atoms with Crippen molar-refractivity contribution in [1.29, 1.82) is 0 Å². The number of thiophene rings is 2. The molecule has 4 rings (SSSR count). The van der Waals surface area contributed by atoms with Crippen LogP contribution in [0.3, 0.4) is 0 Å². The third kappa shape index (κ3) is 4.47. The van der Waals surface area contributed by atoms with E-state index < -0.39 is 10.0 Å². The molecule has 2 aromatic heterocycles. The van der Waals surface area contributed by atoms with Crippen LogP contribution >= 0.6 is 22.7 Å². The van der Waals surface area contributed by atoms with Gasteiger partial charge in [0.1, 0.15) is 0 Å². The van der Waals surface area contributed by atoms with Gasteiger partial charge in [-0.05, 0) is 59.5 Å². The van der Waals surface area contributed by atoms with Crippen molar-refractivity contribution in [2.75, 3.05) is 32.5 Å². The van der Waals surface area contributed by atoms with Gasteiger partial charge in [0.05, 0.1) is 17.5 Å². The molecule has 1 aromatic carbocycles. The highest BCUT2D eigenvalue weighted by Gasteiger charge is 2.31. The van der Waals surface area contributed by atoms with Crippen molar-refractivity contribution in [3.8, 4) is 0 Å². The molecule has 1 aliphatic rings. The van der Waals surface area contributed by atoms with Gasteiger partial charge in [0.25, 0.3) is 0 Å². The molecule has 0 spiro atoms. The van der Waals surface area contributed by atoms with Gasteiger partial charge >= 0.3 is 0 Å². The van der Waals surface area contributed by atoms with Crippen molar-refractivity contribution in [2.24, 2.45) is 0 Å². The monoisotopic (exact) mass is 475 g/mol. The Morgan fingerprint density at radius 2 is 2.00 bits per heavy atom. The summed E-state index contributed by atoms with van der Waals surface area (Å²) in [5.74, 6) is -0.155. The molecule has 3 heterocycles. The second-order valence-corrected chi connectivity index (χ2v) is 11.9. The standard InChI is InChI=1S/C22H25N3O3S3/c1-15-6-7-16(13-20(15)31(27,28)24(2)3)23-21(26)14-25-10-8-18-17(9-12-30-18)22(25)19-5-4-11-29-19/h4-7,9,11-13,22H,8,10,14H2,1-3H3,(H,23,26)/t22-/m0/s1. The summed E-state index contributed by atoms with van der Waals surface area (Å²) in [7, 11) is -0.585. The normalized spacial score (nSPS) is 17.0. The lowest BCUT2D eigenvalue weighted by Crippen LogP contribution is -2.40. The van der Waals surface area contributed by atoms with Crippen LogP contribution in [-0.2, 0) is 21.2 Å². The second-order valence-electron chi connectivity index (χ2n) is 7.75. The number of nitrogens with one attached hydrogen (secondary N) is 1. The van der Waals surface area contributed by atoms with Crippen molar-refractivity contribution in [2.45, 2.75) is 24.3 Å². The van der Waals surface area contributed by atoms with Crippen LogP contribution < -0.4 is 5.32 Å². The maximum Gasteiger partial charge on any atom is 0.242 e. The fraction of sp³-hybridized carbons (Fsp3) is 0.318. The molecule has 0 saturated heterocycles. The van der Waals surface area contributed by atoms with Crippen LogP contribution in [0.2, 0.25) is 0 Å². The minimum Gasteiger partial charge on any atom is -0.325 e. The number of hydrogen-bond donors (Lipinski definition) is 1. The number of aryl methyl sites for hydroxylation is 1. The molecule has 0 unspecified atom stereocenters. The van der Waals surface area contributed by atoms with E-state index in [0.717, 1.165) is 13.0 Å². The molecule has 0 aliphatic carbocycles. The number of fused-ring (bicyclic) bond motifs is 1. The Bertz CT molecular complexity index is 1180. The first-order valence-corrected chi connectivity index (χ1v) is 13.1. The van der Waals surface area contributed by atoms with Gasteiger partial charge in [0, 0.05) is 36.1 Å². The van der Waals surface area contributed by atoms with Crippen LogP contribution in [0.4, 0.5) is 5.69 Å². The van der Waals surface area contributed by atoms with Crippen molar-refractivity contribution in [3.05, 3.63) is 68.0 Å². The van der Waals surface area contributed by atoms with E-state index in [9.17, 15) is 13.2 Å². The van der Waals surface area contributed by atoms with E-state index >= 15 is 0 Å². The zero-order chi connectivity index (χ0) is 22.2. The lowest BCUT2D eigenvalue weighted by Gasteiger charge is -2.34. The lowest BCUT2D eigenvalue weighted by molar-refractivity contribution is -0.117. The summed E-state index contributed by atoms with van der Waals surface area (Å²) in [6, 6.07) is 11.4. The summed E-state index contributed by atoms with van der Waals surface area (Å²) in [4.78, 5) is 17.9. The highest BCUT2D eigenvalue weighted by atomic mass is 32.2. The largest absolute Gasteiger partial charge is 0.325 e. The van der Waals surface area contributed by atoms with Crippen LogP contribution in [0, 0.1) is 6.92 Å². The molecule has 0 radical (unpaired) electrons. The molecule has 6 nitrogen and oxygen atoms in total. The number of sulfonamides is 1. The third-order valence-corrected chi connectivity index (χ3v) is 9.33. The summed E-state index contributed by atoms with van der Waals surface area (Å²) >= 11 is 3.47. The fourth-order valence-electron chi connectivity index (χ4n) is 3.86. The molecule has 0 fully saturated rings. The van der Waals surface area contributed by atoms with Gasteiger partial charge in [-0.1, -0.05) is 12.1 Å². The van der Waals surface area contributed by atoms with Gasteiger partial charge < -0.3 is 5.32 Å². The van der Waals surface area contributed by atoms with E-state index in [1.807, 2.05) is 6.07 Å². The second kappa shape index (κ2) is 8.84. The van der Waals surface area contributed by atoms with Crippen LogP contribution in [0.15, 0.2) is 52.1 Å². The molecule has 31 heavy (non-hydrogen) atoms. The van der Waals surface area contributed by atoms with Gasteiger partial charge in [-0.3, -0.25) is 9.69 Å². The molecular weight excluding hydrogens is 450 g/mol. The minimum absolute atomic E-state index is 0.0726. The predicted molar refractivity (Wildman–Crippen MR) is 126 cm³/mol. The molecule has 9 heteroatoms. The summed E-state index contributed by atoms with van der Waals surface area (Å²) in [5.41, 5.74) is 2.41. The maximum absolute atomic E-state index is 12.9. The van der Waals surface area contributed by atoms with Gasteiger partial charge in [-0.25, -0.2) is 12.7 Å². The Hall–Kier alpha value is -2.04. The van der Waals surface area contributed by atoms with Crippen LogP contribution in [0.25, 0.3) is 0 Å². The van der Waals surface area contributed by atoms with Gasteiger partial charge in [-0.15, -0.1) is 22.7 Å². The number of carbonyl (C=O) groups is 1. The number of amides is 1. The molecule has 1 aliphatic heterocycles. The molecule has 1 amide bonds. The van der Waals surface area contributed by atoms with Crippen LogP contribution in [-0.4, -0.2) is 50.7 Å². The molecule has 1 N–H and O–H groups in total. The third-order valence-electron chi connectivity index (χ3n) is 5.46. The van der Waals surface area contributed by atoms with E-state index in [1.54, 1.807) is 41.7 Å². The quantitative estimate of drug-likeness (QED) is 0.586. The van der Waals surface area contributed by atoms with Crippen LogP contribution in [0.1, 0.15) is 26.9 Å². The van der Waals surface area contributed by atoms with E-state index in [4.69, 9.17) is 0 Å². The molecule has 0 saturated carbocycles. The lowest BCUT2D eigenvalue weighted by atomic mass is 9.98. The van der Waals surface area contributed by atoms with E-state index in [-0.39, 0.29) is 23.4 Å². The molecule has 164 valence electrons. The fourth-order valence-corrected chi connectivity index (χ4v) is 6.78. The first kappa shape index (κ1) is 22.2. The smallest absolute Gasteiger partial charge is 0.242 e. The van der Waals surface area contributed by atoms with E-state index in [0.29, 0.717) is 11.3 Å². The molecule has 1 atom stereocenters. The SMILES string of the molecule is Cc1ccc(NC(=O)CN2CCc3sccc3[C@H]2c2cccs2)cc1S(=O)(=O)N(C)C. The Balaban J connectivity index is 1.54. The zero-order valence-electron chi connectivity index (χ0n) is 17.7. The first-order valence-electron chi connectivity index (χ1n) is 9.94. The van der Waals surface area contributed by atoms with Crippen molar-refractivity contribution in [1.82, 2.24) is 9.21 Å². The summed E-state index contributed by atoms with van der Waals surface area (Å²) < 4.78 is 26.3. The highest BCUT2D eigenvalue weighted by molar-refractivity contribution is 7.89. The number of anilines is 1. The number of nitrogens with zero attached hydrogens (tertiary/aromatic N) is 2. The number of rotatable bonds is 6. The maximum atomic E-state index is 12.9. The Kier molecular flexibility index (Phi) is 6.32. The first-order chi connectivity index (χ1) is 14.8. The van der Waals surface area contributed by atoms with Gasteiger partial charge in [0.15, 0.2) is 0 Å². The Morgan fingerprint density at radius 3 is 2.71 bits per heavy atom. The predicted octanol–water partition coefficient (Wildman–Crippen LogP) is 3.95. The molecule has 0 bridgehead atoms. The molecular formula is C22H25N3O3S3. The van der Waals surface area contributed by atoms with Gasteiger partial charge in [-0.2, -0.15) is 0 Å². The van der Waals surface area contributed by atoms with Crippen LogP contribution in [0.5, 0.6) is 0 Å². The average Bonchev–Trinajstić information content (AvgIpc) is 3.41. The van der Waals surface area contributed by atoms with Crippen molar-refractivity contribution >= 4 is 44.3 Å². The van der Waals surface area contributed by atoms with Crippen molar-refractivity contribution in [3.63, 3.8) is 0 Å². The Morgan fingerprint density at radius 1 is 1.19 bits per heavy atom. The number of benzene rings is 1. The molecule has 3 aromatic rings. The summed E-state index contributed by atoms with van der Waals surface area (Å²) in [6.07, 6.45) is 0.928. The highest BCUT2D eigenvalue weighted by Crippen LogP contribution is 2.39. The number of carbonyl (C=O) groups excluding carboxylic acids is 1. The minimum atomic E-state index is -3.58. The average molecular weight is 476 g/mol. The number of hydrogen-bond acceptors (Lipinski definition) is 6. The summed E-state index contributed by atoms with van der Waals surface area (Å²) in [6.45, 7) is 2.79. The van der Waals surface area contributed by atoms with E-state index in [1.165, 1.54) is 39.8 Å². The van der Waals surface area contributed by atoms with Gasteiger partial charge in [0.2, 0.25) is 15.9 Å². The Labute approximate surface area is 191 Å². The van der Waals surface area contributed by atoms with Crippen molar-refractivity contribution < 1.29 is 13.2 Å². The zero-order valence-corrected chi connectivity index (χ0v) is 20.1. The van der Waals surface area contributed by atoms with E-state index in [2.05, 4.69) is 33.1 Å². The summed E-state index contributed by atoms with van der Waals surface area (Å²) in [5, 5.41) is 7.08.